The minimum atomic E-state index is -0.561. The molecule has 84 valence electrons. The standard InChI is InChI=1S/C12H25NO/c1-9(2)10(3)12(4,14)11-7-5-6-8-13-11/h9-11,13-14H,5-8H2,1-4H3. The zero-order valence-corrected chi connectivity index (χ0v) is 10.0. The van der Waals surface area contributed by atoms with E-state index < -0.39 is 5.60 Å². The Labute approximate surface area is 88.1 Å². The second-order valence-corrected chi connectivity index (χ2v) is 5.26. The summed E-state index contributed by atoms with van der Waals surface area (Å²) in [7, 11) is 0. The molecule has 0 radical (unpaired) electrons. The number of hydrogen-bond donors (Lipinski definition) is 2. The highest BCUT2D eigenvalue weighted by molar-refractivity contribution is 4.94. The molecule has 3 unspecified atom stereocenters. The van der Waals surface area contributed by atoms with Gasteiger partial charge in [0.25, 0.3) is 0 Å². The summed E-state index contributed by atoms with van der Waals surface area (Å²) in [5.41, 5.74) is -0.561. The normalized spacial score (nSPS) is 30.0. The Kier molecular flexibility index (Phi) is 3.96. The van der Waals surface area contributed by atoms with Crippen molar-refractivity contribution in [3.63, 3.8) is 0 Å². The highest BCUT2D eigenvalue weighted by Crippen LogP contribution is 2.30. The Morgan fingerprint density at radius 1 is 1.29 bits per heavy atom. The van der Waals surface area contributed by atoms with Gasteiger partial charge in [-0.25, -0.2) is 0 Å². The van der Waals surface area contributed by atoms with Crippen LogP contribution in [0, 0.1) is 11.8 Å². The molecule has 1 saturated heterocycles. The molecule has 1 aliphatic heterocycles. The van der Waals surface area contributed by atoms with Gasteiger partial charge in [-0.2, -0.15) is 0 Å². The SMILES string of the molecule is CC(C)C(C)C(C)(O)C1CCCCN1. The first-order valence-electron chi connectivity index (χ1n) is 5.92. The van der Waals surface area contributed by atoms with Crippen LogP contribution < -0.4 is 5.32 Å². The third kappa shape index (κ3) is 2.48. The summed E-state index contributed by atoms with van der Waals surface area (Å²) in [6, 6.07) is 0.286. The van der Waals surface area contributed by atoms with Gasteiger partial charge in [0.2, 0.25) is 0 Å². The number of aliphatic hydroxyl groups is 1. The van der Waals surface area contributed by atoms with Crippen LogP contribution in [0.25, 0.3) is 0 Å². The van der Waals surface area contributed by atoms with E-state index in [1.807, 2.05) is 6.92 Å². The van der Waals surface area contributed by atoms with E-state index in [4.69, 9.17) is 0 Å². The van der Waals surface area contributed by atoms with Crippen LogP contribution in [0.15, 0.2) is 0 Å². The van der Waals surface area contributed by atoms with Crippen molar-refractivity contribution in [3.05, 3.63) is 0 Å². The monoisotopic (exact) mass is 199 g/mol. The highest BCUT2D eigenvalue weighted by atomic mass is 16.3. The predicted octanol–water partition coefficient (Wildman–Crippen LogP) is 2.17. The van der Waals surface area contributed by atoms with Crippen LogP contribution in [0.1, 0.15) is 47.0 Å². The van der Waals surface area contributed by atoms with Crippen molar-refractivity contribution < 1.29 is 5.11 Å². The number of hydrogen-bond acceptors (Lipinski definition) is 2. The van der Waals surface area contributed by atoms with Gasteiger partial charge >= 0.3 is 0 Å². The Hall–Kier alpha value is -0.0800. The molecule has 0 amide bonds. The summed E-state index contributed by atoms with van der Waals surface area (Å²) in [4.78, 5) is 0. The Bertz CT molecular complexity index is 171. The summed E-state index contributed by atoms with van der Waals surface area (Å²) in [6.45, 7) is 9.57. The largest absolute Gasteiger partial charge is 0.388 e. The van der Waals surface area contributed by atoms with E-state index in [0.29, 0.717) is 11.8 Å². The van der Waals surface area contributed by atoms with Crippen LogP contribution in [-0.4, -0.2) is 23.3 Å². The van der Waals surface area contributed by atoms with Crippen LogP contribution in [0.5, 0.6) is 0 Å². The molecule has 1 heterocycles. The maximum Gasteiger partial charge on any atom is 0.0799 e. The van der Waals surface area contributed by atoms with E-state index in [1.54, 1.807) is 0 Å². The van der Waals surface area contributed by atoms with E-state index in [2.05, 4.69) is 26.1 Å². The lowest BCUT2D eigenvalue weighted by Gasteiger charge is -2.42. The molecule has 0 aromatic heterocycles. The molecule has 0 spiro atoms. The molecule has 0 saturated carbocycles. The van der Waals surface area contributed by atoms with Crippen molar-refractivity contribution in [1.82, 2.24) is 5.32 Å². The molecule has 0 bridgehead atoms. The molecule has 1 rings (SSSR count). The minimum absolute atomic E-state index is 0.286. The third-order valence-electron chi connectivity index (χ3n) is 3.94. The molecule has 3 atom stereocenters. The molecule has 1 fully saturated rings. The Morgan fingerprint density at radius 3 is 2.36 bits per heavy atom. The van der Waals surface area contributed by atoms with E-state index in [9.17, 15) is 5.11 Å². The van der Waals surface area contributed by atoms with Crippen LogP contribution in [0.2, 0.25) is 0 Å². The van der Waals surface area contributed by atoms with Crippen molar-refractivity contribution in [2.75, 3.05) is 6.54 Å². The van der Waals surface area contributed by atoms with Gasteiger partial charge in [0.15, 0.2) is 0 Å². The average Bonchev–Trinajstić information content (AvgIpc) is 2.18. The Balaban J connectivity index is 2.61. The molecule has 0 aromatic rings. The lowest BCUT2D eigenvalue weighted by atomic mass is 9.75. The van der Waals surface area contributed by atoms with Gasteiger partial charge in [0.1, 0.15) is 0 Å². The molecule has 1 aliphatic rings. The van der Waals surface area contributed by atoms with E-state index >= 15 is 0 Å². The van der Waals surface area contributed by atoms with Crippen LogP contribution in [-0.2, 0) is 0 Å². The van der Waals surface area contributed by atoms with Gasteiger partial charge in [-0.05, 0) is 38.1 Å². The number of piperidine rings is 1. The molecule has 2 nitrogen and oxygen atoms in total. The molecular weight excluding hydrogens is 174 g/mol. The summed E-state index contributed by atoms with van der Waals surface area (Å²) >= 11 is 0. The molecule has 0 aromatic carbocycles. The van der Waals surface area contributed by atoms with Crippen molar-refractivity contribution in [2.24, 2.45) is 11.8 Å². The van der Waals surface area contributed by atoms with Crippen LogP contribution in [0.3, 0.4) is 0 Å². The number of nitrogens with one attached hydrogen (secondary N) is 1. The van der Waals surface area contributed by atoms with Gasteiger partial charge in [0.05, 0.1) is 5.60 Å². The molecule has 2 N–H and O–H groups in total. The van der Waals surface area contributed by atoms with Gasteiger partial charge in [0, 0.05) is 6.04 Å². The first-order valence-corrected chi connectivity index (χ1v) is 5.92. The Morgan fingerprint density at radius 2 is 1.93 bits per heavy atom. The smallest absolute Gasteiger partial charge is 0.0799 e. The summed E-state index contributed by atoms with van der Waals surface area (Å²) < 4.78 is 0. The van der Waals surface area contributed by atoms with E-state index in [-0.39, 0.29) is 6.04 Å². The minimum Gasteiger partial charge on any atom is -0.388 e. The van der Waals surface area contributed by atoms with Crippen LogP contribution >= 0.6 is 0 Å². The molecule has 14 heavy (non-hydrogen) atoms. The summed E-state index contributed by atoms with van der Waals surface area (Å²) in [5, 5.41) is 14.0. The zero-order valence-electron chi connectivity index (χ0n) is 10.0. The van der Waals surface area contributed by atoms with Crippen molar-refractivity contribution >= 4 is 0 Å². The lowest BCUT2D eigenvalue weighted by molar-refractivity contribution is -0.0511. The fraction of sp³-hybridized carbons (Fsp3) is 1.00. The first-order chi connectivity index (χ1) is 6.46. The molecular formula is C12H25NO. The quantitative estimate of drug-likeness (QED) is 0.730. The second-order valence-electron chi connectivity index (χ2n) is 5.26. The van der Waals surface area contributed by atoms with Crippen LogP contribution in [0.4, 0.5) is 0 Å². The van der Waals surface area contributed by atoms with Gasteiger partial charge < -0.3 is 10.4 Å². The topological polar surface area (TPSA) is 32.3 Å². The molecule has 2 heteroatoms. The van der Waals surface area contributed by atoms with Crippen molar-refractivity contribution in [2.45, 2.75) is 58.6 Å². The van der Waals surface area contributed by atoms with E-state index in [0.717, 1.165) is 13.0 Å². The van der Waals surface area contributed by atoms with Gasteiger partial charge in [-0.1, -0.05) is 27.2 Å². The second kappa shape index (κ2) is 4.63. The van der Waals surface area contributed by atoms with Crippen molar-refractivity contribution in [3.8, 4) is 0 Å². The van der Waals surface area contributed by atoms with Gasteiger partial charge in [-0.3, -0.25) is 0 Å². The summed E-state index contributed by atoms with van der Waals surface area (Å²) in [6.07, 6.45) is 3.62. The maximum atomic E-state index is 10.5. The highest BCUT2D eigenvalue weighted by Gasteiger charge is 2.38. The zero-order chi connectivity index (χ0) is 10.8. The summed E-state index contributed by atoms with van der Waals surface area (Å²) in [5.74, 6) is 0.881. The van der Waals surface area contributed by atoms with Crippen molar-refractivity contribution in [1.29, 1.82) is 0 Å². The lowest BCUT2D eigenvalue weighted by Crippen LogP contribution is -2.55. The average molecular weight is 199 g/mol. The molecule has 0 aliphatic carbocycles. The predicted molar refractivity (Wildman–Crippen MR) is 60.3 cm³/mol. The maximum absolute atomic E-state index is 10.5. The fourth-order valence-corrected chi connectivity index (χ4v) is 2.34. The third-order valence-corrected chi connectivity index (χ3v) is 3.94. The van der Waals surface area contributed by atoms with Gasteiger partial charge in [-0.15, -0.1) is 0 Å². The fourth-order valence-electron chi connectivity index (χ4n) is 2.34. The van der Waals surface area contributed by atoms with E-state index in [1.165, 1.54) is 12.8 Å². The number of rotatable bonds is 3. The first kappa shape index (κ1) is 12.0.